The van der Waals surface area contributed by atoms with E-state index < -0.39 is 0 Å². The molecule has 1 rings (SSSR count). The monoisotopic (exact) mass is 230 g/mol. The van der Waals surface area contributed by atoms with Crippen LogP contribution in [0.2, 0.25) is 0 Å². The van der Waals surface area contributed by atoms with E-state index >= 15 is 0 Å². The standard InChI is InChI=1S/C12H26N2O2/c1-11(2)14-6-4-13(5-7-14)8-12(3,9-15)10-16/h11,15-16H,4-10H2,1-3H3. The van der Waals surface area contributed by atoms with Gasteiger partial charge in [0.05, 0.1) is 13.2 Å². The number of piperazine rings is 1. The van der Waals surface area contributed by atoms with Gasteiger partial charge in [-0.15, -0.1) is 0 Å². The van der Waals surface area contributed by atoms with Crippen molar-refractivity contribution in [3.8, 4) is 0 Å². The third-order valence-electron chi connectivity index (χ3n) is 3.51. The van der Waals surface area contributed by atoms with Crippen LogP contribution in [0, 0.1) is 5.41 Å². The Morgan fingerprint density at radius 3 is 1.94 bits per heavy atom. The molecule has 1 fully saturated rings. The van der Waals surface area contributed by atoms with E-state index in [2.05, 4.69) is 23.6 Å². The van der Waals surface area contributed by atoms with Crippen LogP contribution in [0.25, 0.3) is 0 Å². The van der Waals surface area contributed by atoms with Crippen LogP contribution in [0.3, 0.4) is 0 Å². The molecule has 16 heavy (non-hydrogen) atoms. The molecule has 0 aliphatic carbocycles. The zero-order chi connectivity index (χ0) is 12.2. The quantitative estimate of drug-likeness (QED) is 0.698. The van der Waals surface area contributed by atoms with Gasteiger partial charge in [-0.05, 0) is 13.8 Å². The Labute approximate surface area is 98.9 Å². The maximum absolute atomic E-state index is 9.26. The maximum Gasteiger partial charge on any atom is 0.0519 e. The van der Waals surface area contributed by atoms with E-state index in [1.54, 1.807) is 0 Å². The van der Waals surface area contributed by atoms with Crippen LogP contribution in [-0.2, 0) is 0 Å². The molecule has 2 N–H and O–H groups in total. The Morgan fingerprint density at radius 1 is 1.06 bits per heavy atom. The lowest BCUT2D eigenvalue weighted by atomic mass is 9.92. The van der Waals surface area contributed by atoms with Crippen LogP contribution < -0.4 is 0 Å². The van der Waals surface area contributed by atoms with Gasteiger partial charge in [0.1, 0.15) is 0 Å². The SMILES string of the molecule is CC(C)N1CCN(CC(C)(CO)CO)CC1. The predicted octanol–water partition coefficient (Wildman–Crippen LogP) is 0.00330. The van der Waals surface area contributed by atoms with E-state index in [0.29, 0.717) is 6.04 Å². The van der Waals surface area contributed by atoms with Crippen molar-refractivity contribution in [1.82, 2.24) is 9.80 Å². The molecule has 1 aliphatic rings. The summed E-state index contributed by atoms with van der Waals surface area (Å²) in [6.45, 7) is 11.5. The second-order valence-corrected chi connectivity index (χ2v) is 5.53. The Bertz CT molecular complexity index is 197. The summed E-state index contributed by atoms with van der Waals surface area (Å²) in [6, 6.07) is 0.615. The number of aliphatic hydroxyl groups is 2. The molecule has 0 aromatic carbocycles. The number of rotatable bonds is 5. The van der Waals surface area contributed by atoms with Crippen LogP contribution in [0.4, 0.5) is 0 Å². The van der Waals surface area contributed by atoms with E-state index in [4.69, 9.17) is 0 Å². The van der Waals surface area contributed by atoms with Crippen molar-refractivity contribution in [3.63, 3.8) is 0 Å². The van der Waals surface area contributed by atoms with Gasteiger partial charge in [-0.1, -0.05) is 6.92 Å². The summed E-state index contributed by atoms with van der Waals surface area (Å²) in [6.07, 6.45) is 0. The first kappa shape index (κ1) is 13.9. The predicted molar refractivity (Wildman–Crippen MR) is 65.4 cm³/mol. The molecule has 1 saturated heterocycles. The summed E-state index contributed by atoms with van der Waals surface area (Å²) in [5.74, 6) is 0. The van der Waals surface area contributed by atoms with Crippen molar-refractivity contribution < 1.29 is 10.2 Å². The molecule has 96 valence electrons. The van der Waals surface area contributed by atoms with Gasteiger partial charge in [0.25, 0.3) is 0 Å². The minimum atomic E-state index is -0.361. The highest BCUT2D eigenvalue weighted by atomic mass is 16.3. The zero-order valence-electron chi connectivity index (χ0n) is 10.8. The molecule has 4 nitrogen and oxygen atoms in total. The lowest BCUT2D eigenvalue weighted by molar-refractivity contribution is 0.0149. The van der Waals surface area contributed by atoms with E-state index in [-0.39, 0.29) is 18.6 Å². The Hall–Kier alpha value is -0.160. The fourth-order valence-electron chi connectivity index (χ4n) is 2.13. The first-order chi connectivity index (χ1) is 7.50. The molecule has 1 heterocycles. The molecule has 0 amide bonds. The highest BCUT2D eigenvalue weighted by Gasteiger charge is 2.28. The van der Waals surface area contributed by atoms with E-state index in [1.807, 2.05) is 6.92 Å². The van der Waals surface area contributed by atoms with Crippen molar-refractivity contribution in [2.75, 3.05) is 45.9 Å². The van der Waals surface area contributed by atoms with Gasteiger partial charge < -0.3 is 15.1 Å². The van der Waals surface area contributed by atoms with E-state index in [9.17, 15) is 10.2 Å². The van der Waals surface area contributed by atoms with Gasteiger partial charge in [-0.25, -0.2) is 0 Å². The lowest BCUT2D eigenvalue weighted by Crippen LogP contribution is -2.52. The second-order valence-electron chi connectivity index (χ2n) is 5.53. The number of aliphatic hydroxyl groups excluding tert-OH is 2. The molecular weight excluding hydrogens is 204 g/mol. The summed E-state index contributed by atoms with van der Waals surface area (Å²) in [4.78, 5) is 4.80. The summed E-state index contributed by atoms with van der Waals surface area (Å²) >= 11 is 0. The normalized spacial score (nSPS) is 20.6. The Balaban J connectivity index is 2.37. The Kier molecular flexibility index (Phi) is 5.18. The molecule has 4 heteroatoms. The summed E-state index contributed by atoms with van der Waals surface area (Å²) in [5, 5.41) is 18.5. The fraction of sp³-hybridized carbons (Fsp3) is 1.00. The number of nitrogens with zero attached hydrogens (tertiary/aromatic N) is 2. The maximum atomic E-state index is 9.26. The van der Waals surface area contributed by atoms with Crippen LogP contribution in [0.15, 0.2) is 0 Å². The van der Waals surface area contributed by atoms with Gasteiger partial charge in [-0.3, -0.25) is 4.90 Å². The van der Waals surface area contributed by atoms with Crippen LogP contribution in [0.5, 0.6) is 0 Å². The second kappa shape index (κ2) is 5.96. The first-order valence-corrected chi connectivity index (χ1v) is 6.19. The van der Waals surface area contributed by atoms with Crippen molar-refractivity contribution >= 4 is 0 Å². The molecular formula is C12H26N2O2. The van der Waals surface area contributed by atoms with Crippen molar-refractivity contribution in [2.24, 2.45) is 5.41 Å². The van der Waals surface area contributed by atoms with Crippen LogP contribution in [-0.4, -0.2) is 72.0 Å². The molecule has 0 saturated carbocycles. The number of hydrogen-bond donors (Lipinski definition) is 2. The van der Waals surface area contributed by atoms with Crippen LogP contribution in [0.1, 0.15) is 20.8 Å². The van der Waals surface area contributed by atoms with Gasteiger partial charge in [0.2, 0.25) is 0 Å². The smallest absolute Gasteiger partial charge is 0.0519 e. The number of hydrogen-bond acceptors (Lipinski definition) is 4. The summed E-state index contributed by atoms with van der Waals surface area (Å²) in [7, 11) is 0. The molecule has 0 spiro atoms. The topological polar surface area (TPSA) is 46.9 Å². The highest BCUT2D eigenvalue weighted by molar-refractivity contribution is 4.81. The van der Waals surface area contributed by atoms with Crippen molar-refractivity contribution in [1.29, 1.82) is 0 Å². The third kappa shape index (κ3) is 3.70. The fourth-order valence-corrected chi connectivity index (χ4v) is 2.13. The van der Waals surface area contributed by atoms with Crippen molar-refractivity contribution in [2.45, 2.75) is 26.8 Å². The average Bonchev–Trinajstić information content (AvgIpc) is 2.29. The van der Waals surface area contributed by atoms with Gasteiger partial charge in [-0.2, -0.15) is 0 Å². The zero-order valence-corrected chi connectivity index (χ0v) is 10.8. The third-order valence-corrected chi connectivity index (χ3v) is 3.51. The van der Waals surface area contributed by atoms with E-state index in [0.717, 1.165) is 32.7 Å². The van der Waals surface area contributed by atoms with Gasteiger partial charge in [0, 0.05) is 44.2 Å². The van der Waals surface area contributed by atoms with E-state index in [1.165, 1.54) is 0 Å². The van der Waals surface area contributed by atoms with Gasteiger partial charge in [0.15, 0.2) is 0 Å². The molecule has 0 aromatic rings. The molecule has 1 aliphatic heterocycles. The molecule has 0 aromatic heterocycles. The highest BCUT2D eigenvalue weighted by Crippen LogP contribution is 2.17. The summed E-state index contributed by atoms with van der Waals surface area (Å²) < 4.78 is 0. The molecule has 0 bridgehead atoms. The molecule has 0 unspecified atom stereocenters. The molecule has 0 radical (unpaired) electrons. The first-order valence-electron chi connectivity index (χ1n) is 6.19. The van der Waals surface area contributed by atoms with Crippen molar-refractivity contribution in [3.05, 3.63) is 0 Å². The Morgan fingerprint density at radius 2 is 1.56 bits per heavy atom. The molecule has 0 atom stereocenters. The average molecular weight is 230 g/mol. The largest absolute Gasteiger partial charge is 0.396 e. The van der Waals surface area contributed by atoms with Gasteiger partial charge >= 0.3 is 0 Å². The minimum absolute atomic E-state index is 0.0495. The summed E-state index contributed by atoms with van der Waals surface area (Å²) in [5.41, 5.74) is -0.361. The van der Waals surface area contributed by atoms with Crippen LogP contribution >= 0.6 is 0 Å². The lowest BCUT2D eigenvalue weighted by Gasteiger charge is -2.40. The minimum Gasteiger partial charge on any atom is -0.396 e.